The molecule has 0 aromatic heterocycles. The average molecular weight is 850 g/mol. The highest BCUT2D eigenvalue weighted by Gasteiger charge is 2.20. The van der Waals surface area contributed by atoms with Crippen molar-refractivity contribution in [1.82, 2.24) is 0 Å². The van der Waals surface area contributed by atoms with E-state index in [4.69, 9.17) is 0 Å². The molecule has 0 spiro atoms. The molecule has 2 aliphatic carbocycles. The Morgan fingerprint density at radius 1 is 0.523 bits per heavy atom. The molecule has 1 nitrogen and oxygen atoms in total. The monoisotopic (exact) mass is 850 g/mol. The molecular weight excluding hydrogens is 783 g/mol. The van der Waals surface area contributed by atoms with E-state index >= 15 is 0 Å². The maximum Gasteiger partial charge on any atom is 0.0467 e. The van der Waals surface area contributed by atoms with Gasteiger partial charge in [-0.05, 0) is 176 Å². The van der Waals surface area contributed by atoms with Gasteiger partial charge in [-0.3, -0.25) is 0 Å². The van der Waals surface area contributed by atoms with Crippen molar-refractivity contribution in [2.45, 2.75) is 87.5 Å². The van der Waals surface area contributed by atoms with E-state index in [1.807, 2.05) is 33.8 Å². The van der Waals surface area contributed by atoms with Crippen LogP contribution in [-0.2, 0) is 25.7 Å². The first kappa shape index (κ1) is 46.3. The molecule has 0 N–H and O–H groups in total. The van der Waals surface area contributed by atoms with Gasteiger partial charge in [0.1, 0.15) is 0 Å². The van der Waals surface area contributed by atoms with Gasteiger partial charge in [0.05, 0.1) is 0 Å². The third-order valence-electron chi connectivity index (χ3n) is 12.4. The maximum atomic E-state index is 4.18. The van der Waals surface area contributed by atoms with E-state index in [1.165, 1.54) is 77.9 Å². The Kier molecular flexibility index (Phi) is 15.2. The molecule has 0 heterocycles. The molecule has 0 aliphatic heterocycles. The van der Waals surface area contributed by atoms with Crippen LogP contribution in [0.3, 0.4) is 0 Å². The summed E-state index contributed by atoms with van der Waals surface area (Å²) < 4.78 is 0. The van der Waals surface area contributed by atoms with Crippen LogP contribution in [0, 0.1) is 5.41 Å². The molecule has 0 bridgehead atoms. The number of aryl methyl sites for hydroxylation is 4. The van der Waals surface area contributed by atoms with Gasteiger partial charge in [0, 0.05) is 17.1 Å². The molecule has 0 unspecified atom stereocenters. The van der Waals surface area contributed by atoms with Crippen molar-refractivity contribution in [3.63, 3.8) is 0 Å². The fraction of sp³-hybridized carbons (Fsp3) is 0.219. The third-order valence-corrected chi connectivity index (χ3v) is 12.4. The summed E-state index contributed by atoms with van der Waals surface area (Å²) in [6, 6.07) is 58.8. The van der Waals surface area contributed by atoms with Gasteiger partial charge >= 0.3 is 0 Å². The van der Waals surface area contributed by atoms with Crippen LogP contribution in [0.15, 0.2) is 194 Å². The molecule has 1 heteroatoms. The summed E-state index contributed by atoms with van der Waals surface area (Å²) in [6.45, 7) is 21.2. The van der Waals surface area contributed by atoms with Crippen LogP contribution in [0.2, 0.25) is 0 Å². The first-order valence-corrected chi connectivity index (χ1v) is 23.9. The van der Waals surface area contributed by atoms with Crippen molar-refractivity contribution in [2.24, 2.45) is 5.41 Å². The highest BCUT2D eigenvalue weighted by molar-refractivity contribution is 5.83. The van der Waals surface area contributed by atoms with Crippen LogP contribution >= 0.6 is 0 Å². The maximum absolute atomic E-state index is 4.18. The Morgan fingerprint density at radius 3 is 1.57 bits per heavy atom. The Morgan fingerprint density at radius 2 is 1.03 bits per heavy atom. The fourth-order valence-electron chi connectivity index (χ4n) is 9.32. The SMILES string of the molecule is C=C/C=C(\C=Cc1ccc(/C(=C/C)CC(C)(C)C)cc1)N(c1ccc(-c2ccc3c(c2)-c2ccccc2CC3)cc1)c1cccc(-c2ccc3c(c2)-c2ccccc2CC3)c1.CC.CC. The second-order valence-electron chi connectivity index (χ2n) is 17.8. The Labute approximate surface area is 391 Å². The summed E-state index contributed by atoms with van der Waals surface area (Å²) in [5, 5.41) is 0. The number of fused-ring (bicyclic) bond motifs is 6. The quantitative estimate of drug-likeness (QED) is 0.124. The van der Waals surface area contributed by atoms with Crippen molar-refractivity contribution in [3.8, 4) is 44.5 Å². The molecule has 0 fully saturated rings. The van der Waals surface area contributed by atoms with Gasteiger partial charge in [0.25, 0.3) is 0 Å². The standard InChI is InChI=1S/C60H55N.2C2H6/c1-6-13-53(35-22-42-20-23-44(24-21-42)43(7-2)41-60(3,4)5)61(54-36-33-45(34-37-54)51-31-29-48-27-25-46-14-8-10-18-56(46)58(48)39-51)55-17-12-16-50(38-55)52-32-30-49-28-26-47-15-9-11-19-57(47)59(49)40-52;2*1-2/h6-24,29-40H,1,25-28,41H2,2-5H3;2*1-2H3/b35-22?,43-7+,53-13+;;. The van der Waals surface area contributed by atoms with Crippen LogP contribution in [-0.4, -0.2) is 0 Å². The highest BCUT2D eigenvalue weighted by Crippen LogP contribution is 2.41. The van der Waals surface area contributed by atoms with Gasteiger partial charge < -0.3 is 4.90 Å². The van der Waals surface area contributed by atoms with Gasteiger partial charge in [-0.1, -0.05) is 195 Å². The largest absolute Gasteiger partial charge is 0.310 e. The van der Waals surface area contributed by atoms with E-state index < -0.39 is 0 Å². The highest BCUT2D eigenvalue weighted by atomic mass is 15.1. The van der Waals surface area contributed by atoms with Gasteiger partial charge in [0.15, 0.2) is 0 Å². The molecule has 2 aliphatic rings. The Bertz CT molecular complexity index is 2820. The van der Waals surface area contributed by atoms with Crippen LogP contribution in [0.25, 0.3) is 56.2 Å². The molecule has 0 saturated carbocycles. The number of benzene rings is 7. The summed E-state index contributed by atoms with van der Waals surface area (Å²) in [4.78, 5) is 2.36. The molecule has 0 atom stereocenters. The molecular formula is C64H67N. The van der Waals surface area contributed by atoms with Crippen LogP contribution in [0.4, 0.5) is 11.4 Å². The zero-order valence-electron chi connectivity index (χ0n) is 40.1. The summed E-state index contributed by atoms with van der Waals surface area (Å²) in [6.07, 6.45) is 16.1. The van der Waals surface area contributed by atoms with E-state index in [2.05, 4.69) is 221 Å². The predicted octanol–water partition coefficient (Wildman–Crippen LogP) is 18.4. The minimum atomic E-state index is 0.224. The van der Waals surface area contributed by atoms with Crippen molar-refractivity contribution in [3.05, 3.63) is 228 Å². The number of hydrogen-bond donors (Lipinski definition) is 0. The zero-order chi connectivity index (χ0) is 45.9. The number of allylic oxidation sites excluding steroid dienone is 5. The number of nitrogens with zero attached hydrogens (tertiary/aromatic N) is 1. The van der Waals surface area contributed by atoms with E-state index in [-0.39, 0.29) is 5.41 Å². The molecule has 328 valence electrons. The molecule has 0 radical (unpaired) electrons. The average Bonchev–Trinajstić information content (AvgIpc) is 3.36. The molecule has 0 saturated heterocycles. The normalized spacial score (nSPS) is 12.9. The van der Waals surface area contributed by atoms with Crippen molar-refractivity contribution in [2.75, 3.05) is 4.90 Å². The van der Waals surface area contributed by atoms with Gasteiger partial charge in [-0.15, -0.1) is 0 Å². The minimum Gasteiger partial charge on any atom is -0.310 e. The first-order chi connectivity index (χ1) is 31.7. The first-order valence-electron chi connectivity index (χ1n) is 23.9. The minimum absolute atomic E-state index is 0.224. The molecule has 0 amide bonds. The predicted molar refractivity (Wildman–Crippen MR) is 286 cm³/mol. The lowest BCUT2D eigenvalue weighted by atomic mass is 9.84. The number of rotatable bonds is 10. The molecule has 65 heavy (non-hydrogen) atoms. The second-order valence-corrected chi connectivity index (χ2v) is 17.8. The lowest BCUT2D eigenvalue weighted by molar-refractivity contribution is 0.427. The summed E-state index contributed by atoms with van der Waals surface area (Å²) in [7, 11) is 0. The van der Waals surface area contributed by atoms with Gasteiger partial charge in [-0.25, -0.2) is 0 Å². The Hall–Kier alpha value is -6.70. The summed E-state index contributed by atoms with van der Waals surface area (Å²) in [5.74, 6) is 0. The van der Waals surface area contributed by atoms with E-state index in [1.54, 1.807) is 0 Å². The third kappa shape index (κ3) is 10.6. The van der Waals surface area contributed by atoms with Gasteiger partial charge in [-0.2, -0.15) is 0 Å². The van der Waals surface area contributed by atoms with E-state index in [0.29, 0.717) is 0 Å². The molecule has 7 aromatic rings. The van der Waals surface area contributed by atoms with Crippen LogP contribution < -0.4 is 4.90 Å². The van der Waals surface area contributed by atoms with Crippen LogP contribution in [0.5, 0.6) is 0 Å². The van der Waals surface area contributed by atoms with Crippen LogP contribution in [0.1, 0.15) is 95.2 Å². The zero-order valence-corrected chi connectivity index (χ0v) is 40.1. The van der Waals surface area contributed by atoms with Gasteiger partial charge in [0.2, 0.25) is 0 Å². The lowest BCUT2D eigenvalue weighted by Gasteiger charge is -2.27. The molecule has 7 aromatic carbocycles. The topological polar surface area (TPSA) is 3.24 Å². The van der Waals surface area contributed by atoms with E-state index in [9.17, 15) is 0 Å². The second kappa shape index (κ2) is 21.3. The smallest absolute Gasteiger partial charge is 0.0467 e. The van der Waals surface area contributed by atoms with Crippen molar-refractivity contribution in [1.29, 1.82) is 0 Å². The van der Waals surface area contributed by atoms with Crippen molar-refractivity contribution < 1.29 is 0 Å². The Balaban J connectivity index is 0.00000153. The molecule has 9 rings (SSSR count). The van der Waals surface area contributed by atoms with Crippen molar-refractivity contribution >= 4 is 23.0 Å². The fourth-order valence-corrected chi connectivity index (χ4v) is 9.32. The summed E-state index contributed by atoms with van der Waals surface area (Å²) >= 11 is 0. The van der Waals surface area contributed by atoms with E-state index in [0.717, 1.165) is 54.7 Å². The number of hydrogen-bond acceptors (Lipinski definition) is 1. The summed E-state index contributed by atoms with van der Waals surface area (Å²) in [5.41, 5.74) is 23.2. The lowest BCUT2D eigenvalue weighted by Crippen LogP contribution is -2.15. The number of anilines is 2.